The molecule has 118 valence electrons. The highest BCUT2D eigenvalue weighted by atomic mass is 16.5. The minimum absolute atomic E-state index is 0.000287. The molecular weight excluding hydrogens is 268 g/mol. The number of hydrogen-bond donors (Lipinski definition) is 2. The third kappa shape index (κ3) is 3.01. The maximum absolute atomic E-state index is 11.1. The highest BCUT2D eigenvalue weighted by Crippen LogP contribution is 2.46. The van der Waals surface area contributed by atoms with Gasteiger partial charge < -0.3 is 19.7 Å². The number of methoxy groups -OCH3 is 2. The summed E-state index contributed by atoms with van der Waals surface area (Å²) in [4.78, 5) is 0. The Morgan fingerprint density at radius 3 is 2.57 bits per heavy atom. The molecule has 2 N–H and O–H groups in total. The van der Waals surface area contributed by atoms with E-state index in [-0.39, 0.29) is 18.4 Å². The van der Waals surface area contributed by atoms with Crippen molar-refractivity contribution in [3.05, 3.63) is 23.8 Å². The van der Waals surface area contributed by atoms with Gasteiger partial charge in [0.15, 0.2) is 11.5 Å². The van der Waals surface area contributed by atoms with Gasteiger partial charge in [-0.25, -0.2) is 0 Å². The Hall–Kier alpha value is -1.26. The van der Waals surface area contributed by atoms with Gasteiger partial charge in [0.05, 0.1) is 19.8 Å². The molecular formula is C17H26O4. The first-order valence-corrected chi connectivity index (χ1v) is 7.62. The molecule has 1 fully saturated rings. The van der Waals surface area contributed by atoms with Crippen LogP contribution in [-0.2, 0) is 0 Å². The van der Waals surface area contributed by atoms with Gasteiger partial charge in [-0.15, -0.1) is 0 Å². The number of aliphatic hydroxyl groups is 2. The Kier molecular flexibility index (Phi) is 5.12. The van der Waals surface area contributed by atoms with E-state index in [1.165, 1.54) is 0 Å². The van der Waals surface area contributed by atoms with Crippen molar-refractivity contribution >= 4 is 0 Å². The number of hydrogen-bond acceptors (Lipinski definition) is 4. The first kappa shape index (κ1) is 16.1. The molecule has 1 aliphatic carbocycles. The highest BCUT2D eigenvalue weighted by molar-refractivity contribution is 5.44. The number of benzene rings is 1. The van der Waals surface area contributed by atoms with Gasteiger partial charge in [-0.1, -0.05) is 25.8 Å². The Labute approximate surface area is 126 Å². The fourth-order valence-electron chi connectivity index (χ4n) is 3.45. The molecule has 0 aliphatic heterocycles. The third-order valence-electron chi connectivity index (χ3n) is 4.86. The van der Waals surface area contributed by atoms with Gasteiger partial charge in [0.25, 0.3) is 0 Å². The Morgan fingerprint density at radius 2 is 1.95 bits per heavy atom. The molecule has 4 nitrogen and oxygen atoms in total. The van der Waals surface area contributed by atoms with Crippen LogP contribution >= 0.6 is 0 Å². The van der Waals surface area contributed by atoms with Crippen molar-refractivity contribution in [3.63, 3.8) is 0 Å². The second kappa shape index (κ2) is 6.67. The minimum Gasteiger partial charge on any atom is -0.493 e. The summed E-state index contributed by atoms with van der Waals surface area (Å²) in [5.41, 5.74) is 0.197. The maximum Gasteiger partial charge on any atom is 0.160 e. The molecule has 1 saturated carbocycles. The summed E-state index contributed by atoms with van der Waals surface area (Å²) >= 11 is 0. The summed E-state index contributed by atoms with van der Waals surface area (Å²) < 4.78 is 10.6. The molecule has 1 aromatic carbocycles. The van der Waals surface area contributed by atoms with Crippen molar-refractivity contribution in [3.8, 4) is 11.5 Å². The fraction of sp³-hybridized carbons (Fsp3) is 0.647. The molecule has 0 heterocycles. The van der Waals surface area contributed by atoms with Gasteiger partial charge in [0, 0.05) is 18.4 Å². The van der Waals surface area contributed by atoms with Crippen LogP contribution in [0.4, 0.5) is 0 Å². The SMILES string of the molecule is COc1ccc(C2CCCCC2(O)C(C)CO)cc1OC. The van der Waals surface area contributed by atoms with Crippen LogP contribution in [0.25, 0.3) is 0 Å². The van der Waals surface area contributed by atoms with Gasteiger partial charge in [0.1, 0.15) is 0 Å². The van der Waals surface area contributed by atoms with Crippen molar-refractivity contribution < 1.29 is 19.7 Å². The highest BCUT2D eigenvalue weighted by Gasteiger charge is 2.43. The quantitative estimate of drug-likeness (QED) is 0.876. The van der Waals surface area contributed by atoms with Crippen LogP contribution in [0.2, 0.25) is 0 Å². The van der Waals surface area contributed by atoms with Crippen LogP contribution in [-0.4, -0.2) is 36.6 Å². The molecule has 1 aliphatic rings. The topological polar surface area (TPSA) is 58.9 Å². The summed E-state index contributed by atoms with van der Waals surface area (Å²) in [6.07, 6.45) is 3.76. The van der Waals surface area contributed by atoms with Crippen molar-refractivity contribution in [2.24, 2.45) is 5.92 Å². The van der Waals surface area contributed by atoms with E-state index in [2.05, 4.69) is 0 Å². The van der Waals surface area contributed by atoms with Gasteiger partial charge in [0.2, 0.25) is 0 Å². The van der Waals surface area contributed by atoms with Crippen LogP contribution in [0.15, 0.2) is 18.2 Å². The summed E-state index contributed by atoms with van der Waals surface area (Å²) in [7, 11) is 3.23. The zero-order valence-corrected chi connectivity index (χ0v) is 13.1. The van der Waals surface area contributed by atoms with Crippen molar-refractivity contribution in [1.82, 2.24) is 0 Å². The van der Waals surface area contributed by atoms with Gasteiger partial charge in [-0.3, -0.25) is 0 Å². The van der Waals surface area contributed by atoms with E-state index in [4.69, 9.17) is 9.47 Å². The summed E-state index contributed by atoms with van der Waals surface area (Å²) in [6, 6.07) is 5.82. The molecule has 0 radical (unpaired) electrons. The number of aliphatic hydroxyl groups excluding tert-OH is 1. The van der Waals surface area contributed by atoms with E-state index >= 15 is 0 Å². The zero-order chi connectivity index (χ0) is 15.5. The molecule has 0 amide bonds. The van der Waals surface area contributed by atoms with Crippen molar-refractivity contribution in [2.45, 2.75) is 44.1 Å². The fourth-order valence-corrected chi connectivity index (χ4v) is 3.45. The van der Waals surface area contributed by atoms with Crippen LogP contribution in [0.5, 0.6) is 11.5 Å². The molecule has 21 heavy (non-hydrogen) atoms. The summed E-state index contributed by atoms with van der Waals surface area (Å²) in [6.45, 7) is 1.92. The predicted octanol–water partition coefficient (Wildman–Crippen LogP) is 2.72. The van der Waals surface area contributed by atoms with Crippen LogP contribution in [0.3, 0.4) is 0 Å². The minimum atomic E-state index is -0.855. The lowest BCUT2D eigenvalue weighted by Crippen LogP contribution is -2.46. The molecule has 0 saturated heterocycles. The van der Waals surface area contributed by atoms with E-state index in [0.29, 0.717) is 11.5 Å². The lowest BCUT2D eigenvalue weighted by atomic mass is 9.66. The zero-order valence-electron chi connectivity index (χ0n) is 13.1. The Balaban J connectivity index is 2.37. The number of rotatable bonds is 5. The predicted molar refractivity (Wildman–Crippen MR) is 82.0 cm³/mol. The van der Waals surface area contributed by atoms with Crippen LogP contribution in [0, 0.1) is 5.92 Å². The maximum atomic E-state index is 11.1. The van der Waals surface area contributed by atoms with E-state index < -0.39 is 5.60 Å². The molecule has 3 unspecified atom stereocenters. The first-order chi connectivity index (χ1) is 10.1. The smallest absolute Gasteiger partial charge is 0.160 e. The normalized spacial score (nSPS) is 27.2. The van der Waals surface area contributed by atoms with Crippen LogP contribution < -0.4 is 9.47 Å². The van der Waals surface area contributed by atoms with E-state index in [1.54, 1.807) is 14.2 Å². The van der Waals surface area contributed by atoms with Crippen LogP contribution in [0.1, 0.15) is 44.1 Å². The van der Waals surface area contributed by atoms with Crippen molar-refractivity contribution in [1.29, 1.82) is 0 Å². The lowest BCUT2D eigenvalue weighted by molar-refractivity contribution is -0.0765. The molecule has 0 spiro atoms. The average molecular weight is 294 g/mol. The second-order valence-electron chi connectivity index (χ2n) is 5.99. The number of ether oxygens (including phenoxy) is 2. The monoisotopic (exact) mass is 294 g/mol. The molecule has 4 heteroatoms. The van der Waals surface area contributed by atoms with E-state index in [1.807, 2.05) is 25.1 Å². The van der Waals surface area contributed by atoms with Gasteiger partial charge in [-0.05, 0) is 30.5 Å². The molecule has 2 rings (SSSR count). The molecule has 1 aromatic rings. The average Bonchev–Trinajstić information content (AvgIpc) is 2.53. The lowest BCUT2D eigenvalue weighted by Gasteiger charge is -2.44. The van der Waals surface area contributed by atoms with E-state index in [0.717, 1.165) is 31.2 Å². The summed E-state index contributed by atoms with van der Waals surface area (Å²) in [5, 5.41) is 20.6. The molecule has 3 atom stereocenters. The molecule has 0 aromatic heterocycles. The largest absolute Gasteiger partial charge is 0.493 e. The Bertz CT molecular complexity index is 474. The van der Waals surface area contributed by atoms with Crippen molar-refractivity contribution in [2.75, 3.05) is 20.8 Å². The van der Waals surface area contributed by atoms with Gasteiger partial charge in [-0.2, -0.15) is 0 Å². The third-order valence-corrected chi connectivity index (χ3v) is 4.86. The first-order valence-electron chi connectivity index (χ1n) is 7.62. The summed E-state index contributed by atoms with van der Waals surface area (Å²) in [5.74, 6) is 1.25. The Morgan fingerprint density at radius 1 is 1.24 bits per heavy atom. The standard InChI is InChI=1S/C17H26O4/c1-12(11-18)17(19)9-5-4-6-14(17)13-7-8-15(20-2)16(10-13)21-3/h7-8,10,12,14,18-19H,4-6,9,11H2,1-3H3. The van der Waals surface area contributed by atoms with E-state index in [9.17, 15) is 10.2 Å². The van der Waals surface area contributed by atoms with Gasteiger partial charge >= 0.3 is 0 Å². The molecule has 0 bridgehead atoms. The second-order valence-corrected chi connectivity index (χ2v) is 5.99.